The Labute approximate surface area is 123 Å². The van der Waals surface area contributed by atoms with Gasteiger partial charge in [0.05, 0.1) is 10.7 Å². The minimum atomic E-state index is 0.487. The van der Waals surface area contributed by atoms with Crippen molar-refractivity contribution in [1.82, 2.24) is 0 Å². The fourth-order valence-electron chi connectivity index (χ4n) is 2.59. The van der Waals surface area contributed by atoms with Crippen molar-refractivity contribution >= 4 is 28.9 Å². The molecule has 1 fully saturated rings. The van der Waals surface area contributed by atoms with E-state index in [-0.39, 0.29) is 0 Å². The van der Waals surface area contributed by atoms with Crippen molar-refractivity contribution in [1.29, 1.82) is 0 Å². The summed E-state index contributed by atoms with van der Waals surface area (Å²) in [6.45, 7) is 0. The number of para-hydroxylation sites is 1. The third kappa shape index (κ3) is 2.72. The van der Waals surface area contributed by atoms with E-state index in [0.717, 1.165) is 28.6 Å². The van der Waals surface area contributed by atoms with Gasteiger partial charge in [0.1, 0.15) is 0 Å². The third-order valence-electron chi connectivity index (χ3n) is 3.72. The van der Waals surface area contributed by atoms with Gasteiger partial charge in [-0.05, 0) is 42.5 Å². The quantitative estimate of drug-likeness (QED) is 0.804. The predicted octanol–water partition coefficient (Wildman–Crippen LogP) is 5.35. The zero-order valence-corrected chi connectivity index (χ0v) is 12.0. The first-order valence-corrected chi connectivity index (χ1v) is 7.25. The van der Waals surface area contributed by atoms with Gasteiger partial charge in [0.2, 0.25) is 0 Å². The second kappa shape index (κ2) is 5.44. The van der Waals surface area contributed by atoms with Crippen LogP contribution in [0.1, 0.15) is 24.3 Å². The van der Waals surface area contributed by atoms with Crippen molar-refractivity contribution in [2.45, 2.75) is 24.8 Å². The van der Waals surface area contributed by atoms with E-state index >= 15 is 0 Å². The molecular weight excluding hydrogens is 277 g/mol. The average molecular weight is 292 g/mol. The maximum absolute atomic E-state index is 6.22. The van der Waals surface area contributed by atoms with Gasteiger partial charge in [0.25, 0.3) is 0 Å². The molecule has 3 rings (SSSR count). The summed E-state index contributed by atoms with van der Waals surface area (Å²) < 4.78 is 0. The molecule has 0 radical (unpaired) electrons. The van der Waals surface area contributed by atoms with Crippen molar-refractivity contribution in [3.63, 3.8) is 0 Å². The number of hydrogen-bond acceptors (Lipinski definition) is 1. The van der Waals surface area contributed by atoms with E-state index in [1.807, 2.05) is 36.4 Å². The van der Waals surface area contributed by atoms with E-state index in [4.69, 9.17) is 23.2 Å². The zero-order valence-electron chi connectivity index (χ0n) is 10.4. The van der Waals surface area contributed by atoms with Crippen LogP contribution in [0.5, 0.6) is 0 Å². The molecule has 1 nitrogen and oxygen atoms in total. The SMILES string of the molecule is Clc1ccccc1NC1CC(c2ccccc2Cl)C1. The number of benzene rings is 2. The Bertz CT molecular complexity index is 576. The number of anilines is 1. The van der Waals surface area contributed by atoms with E-state index < -0.39 is 0 Å². The fourth-order valence-corrected chi connectivity index (χ4v) is 3.07. The highest BCUT2D eigenvalue weighted by Crippen LogP contribution is 2.41. The molecule has 0 unspecified atom stereocenters. The van der Waals surface area contributed by atoms with Gasteiger partial charge in [0, 0.05) is 11.1 Å². The Morgan fingerprint density at radius 1 is 0.842 bits per heavy atom. The number of rotatable bonds is 3. The number of halogens is 2. The summed E-state index contributed by atoms with van der Waals surface area (Å²) in [6.07, 6.45) is 2.21. The molecule has 1 aliphatic rings. The summed E-state index contributed by atoms with van der Waals surface area (Å²) in [7, 11) is 0. The van der Waals surface area contributed by atoms with Crippen LogP contribution in [0.2, 0.25) is 10.0 Å². The summed E-state index contributed by atoms with van der Waals surface area (Å²) in [4.78, 5) is 0. The topological polar surface area (TPSA) is 12.0 Å². The Kier molecular flexibility index (Phi) is 3.67. The van der Waals surface area contributed by atoms with Crippen LogP contribution < -0.4 is 5.32 Å². The Morgan fingerprint density at radius 3 is 2.16 bits per heavy atom. The van der Waals surface area contributed by atoms with Gasteiger partial charge in [-0.15, -0.1) is 0 Å². The van der Waals surface area contributed by atoms with Crippen molar-refractivity contribution < 1.29 is 0 Å². The van der Waals surface area contributed by atoms with Crippen LogP contribution >= 0.6 is 23.2 Å². The van der Waals surface area contributed by atoms with Crippen molar-refractivity contribution in [3.8, 4) is 0 Å². The lowest BCUT2D eigenvalue weighted by atomic mass is 9.76. The normalized spacial score (nSPS) is 21.8. The molecule has 0 bridgehead atoms. The number of nitrogens with one attached hydrogen (secondary N) is 1. The minimum Gasteiger partial charge on any atom is -0.381 e. The van der Waals surface area contributed by atoms with Crippen LogP contribution in [0.4, 0.5) is 5.69 Å². The molecule has 0 saturated heterocycles. The largest absolute Gasteiger partial charge is 0.381 e. The van der Waals surface area contributed by atoms with Crippen molar-refractivity contribution in [3.05, 3.63) is 64.1 Å². The molecule has 0 amide bonds. The molecular formula is C16H15Cl2N. The highest BCUT2D eigenvalue weighted by molar-refractivity contribution is 6.33. The van der Waals surface area contributed by atoms with Gasteiger partial charge in [0.15, 0.2) is 0 Å². The van der Waals surface area contributed by atoms with Gasteiger partial charge in [-0.25, -0.2) is 0 Å². The van der Waals surface area contributed by atoms with Gasteiger partial charge in [-0.2, -0.15) is 0 Å². The van der Waals surface area contributed by atoms with Gasteiger partial charge >= 0.3 is 0 Å². The Balaban J connectivity index is 1.62. The predicted molar refractivity (Wildman–Crippen MR) is 82.3 cm³/mol. The standard InChI is InChI=1S/C16H15Cl2N/c17-14-6-2-1-5-13(14)11-9-12(10-11)19-16-8-4-3-7-15(16)18/h1-8,11-12,19H,9-10H2. The molecule has 3 heteroatoms. The summed E-state index contributed by atoms with van der Waals surface area (Å²) in [5.41, 5.74) is 2.29. The first-order valence-electron chi connectivity index (χ1n) is 6.49. The lowest BCUT2D eigenvalue weighted by Crippen LogP contribution is -2.34. The maximum atomic E-state index is 6.22. The van der Waals surface area contributed by atoms with Crippen molar-refractivity contribution in [2.75, 3.05) is 5.32 Å². The van der Waals surface area contributed by atoms with E-state index in [1.165, 1.54) is 5.56 Å². The molecule has 0 aliphatic heterocycles. The zero-order chi connectivity index (χ0) is 13.2. The lowest BCUT2D eigenvalue weighted by Gasteiger charge is -2.37. The van der Waals surface area contributed by atoms with Crippen LogP contribution in [-0.4, -0.2) is 6.04 Å². The Morgan fingerprint density at radius 2 is 1.47 bits per heavy atom. The van der Waals surface area contributed by atoms with Crippen LogP contribution in [-0.2, 0) is 0 Å². The van der Waals surface area contributed by atoms with E-state index in [9.17, 15) is 0 Å². The minimum absolute atomic E-state index is 0.487. The van der Waals surface area contributed by atoms with Crippen LogP contribution in [0.15, 0.2) is 48.5 Å². The van der Waals surface area contributed by atoms with Crippen molar-refractivity contribution in [2.24, 2.45) is 0 Å². The molecule has 98 valence electrons. The summed E-state index contributed by atoms with van der Waals surface area (Å²) in [6, 6.07) is 16.5. The third-order valence-corrected chi connectivity index (χ3v) is 4.39. The molecule has 0 atom stereocenters. The van der Waals surface area contributed by atoms with Crippen LogP contribution in [0.3, 0.4) is 0 Å². The molecule has 19 heavy (non-hydrogen) atoms. The summed E-state index contributed by atoms with van der Waals surface area (Å²) in [5, 5.41) is 5.15. The molecule has 2 aromatic carbocycles. The van der Waals surface area contributed by atoms with Crippen LogP contribution in [0.25, 0.3) is 0 Å². The number of hydrogen-bond donors (Lipinski definition) is 1. The molecule has 2 aromatic rings. The highest BCUT2D eigenvalue weighted by atomic mass is 35.5. The average Bonchev–Trinajstić information content (AvgIpc) is 2.37. The van der Waals surface area contributed by atoms with E-state index in [2.05, 4.69) is 17.4 Å². The summed E-state index contributed by atoms with van der Waals surface area (Å²) >= 11 is 12.4. The first kappa shape index (κ1) is 12.8. The second-order valence-corrected chi connectivity index (χ2v) is 5.83. The smallest absolute Gasteiger partial charge is 0.0637 e. The fraction of sp³-hybridized carbons (Fsp3) is 0.250. The molecule has 1 aliphatic carbocycles. The highest BCUT2D eigenvalue weighted by Gasteiger charge is 2.31. The molecule has 1 saturated carbocycles. The van der Waals surface area contributed by atoms with Gasteiger partial charge in [-0.3, -0.25) is 0 Å². The lowest BCUT2D eigenvalue weighted by molar-refractivity contribution is 0.374. The summed E-state index contributed by atoms with van der Waals surface area (Å²) in [5.74, 6) is 0.564. The molecule has 0 aromatic heterocycles. The van der Waals surface area contributed by atoms with E-state index in [1.54, 1.807) is 0 Å². The Hall–Kier alpha value is -1.18. The first-order chi connectivity index (χ1) is 9.24. The molecule has 0 spiro atoms. The second-order valence-electron chi connectivity index (χ2n) is 5.01. The van der Waals surface area contributed by atoms with Crippen LogP contribution in [0, 0.1) is 0 Å². The molecule has 0 heterocycles. The monoisotopic (exact) mass is 291 g/mol. The van der Waals surface area contributed by atoms with E-state index in [0.29, 0.717) is 12.0 Å². The van der Waals surface area contributed by atoms with Gasteiger partial charge < -0.3 is 5.32 Å². The molecule has 1 N–H and O–H groups in total. The maximum Gasteiger partial charge on any atom is 0.0637 e. The van der Waals surface area contributed by atoms with Gasteiger partial charge in [-0.1, -0.05) is 53.5 Å².